The van der Waals surface area contributed by atoms with E-state index >= 15 is 14.4 Å². The third-order valence-electron chi connectivity index (χ3n) is 13.8. The van der Waals surface area contributed by atoms with Gasteiger partial charge in [0.2, 0.25) is 40.3 Å². The van der Waals surface area contributed by atoms with Gasteiger partial charge in [-0.25, -0.2) is 4.79 Å². The molecule has 6 rings (SSSR count). The molecule has 0 saturated heterocycles. The summed E-state index contributed by atoms with van der Waals surface area (Å²) in [5, 5.41) is 5.60. The lowest BCUT2D eigenvalue weighted by Crippen LogP contribution is -2.60. The van der Waals surface area contributed by atoms with E-state index < -0.39 is 94.1 Å². The molecule has 5 amide bonds. The minimum Gasteiger partial charge on any atom is -0.544 e. The first-order valence-electron chi connectivity index (χ1n) is 27.6. The van der Waals surface area contributed by atoms with Crippen molar-refractivity contribution in [2.75, 3.05) is 27.7 Å². The Balaban J connectivity index is 1.26. The standard InChI is InChI=1S/C63H81N5O11Si2/c1-42(57(70)64-53(61(74)79-81(11,12)13)38-45-32-34-46(35-33-45)78-80(8,9)10)66(5)59(72)54(39-43-24-16-14-17-25-43)68(7)60(73)55(40-44-26-18-15-19-27-44)67(6)58(71)52(36-37-56(69)77-63(2,3)4)65-62(75)76-41-51-49-30-22-20-28-47(49)48-29-21-23-31-50(48)51/h14-35,42,51-55H,36-41H2,1-13H3,(H,64,70)(H,65,75)/t42-,52-,53-,54-,55-/m0/s1. The lowest BCUT2D eigenvalue weighted by molar-refractivity contribution is -0.155. The van der Waals surface area contributed by atoms with Crippen molar-refractivity contribution in [2.45, 2.75) is 141 Å². The Hall–Kier alpha value is -7.58. The predicted octanol–water partition coefficient (Wildman–Crippen LogP) is 9.32. The molecule has 0 heterocycles. The topological polar surface area (TPSA) is 190 Å². The monoisotopic (exact) mass is 1140 g/mol. The Kier molecular flexibility index (Phi) is 21.1. The zero-order valence-electron chi connectivity index (χ0n) is 49.2. The van der Waals surface area contributed by atoms with Gasteiger partial charge in [0.15, 0.2) is 0 Å². The third kappa shape index (κ3) is 18.0. The van der Waals surface area contributed by atoms with Crippen LogP contribution in [0.25, 0.3) is 11.1 Å². The Labute approximate surface area is 480 Å². The van der Waals surface area contributed by atoms with Gasteiger partial charge in [-0.1, -0.05) is 121 Å². The van der Waals surface area contributed by atoms with Gasteiger partial charge in [-0.05, 0) is 124 Å². The molecule has 81 heavy (non-hydrogen) atoms. The molecular weight excluding hydrogens is 1060 g/mol. The van der Waals surface area contributed by atoms with Crippen LogP contribution < -0.4 is 15.1 Å². The van der Waals surface area contributed by atoms with E-state index in [0.29, 0.717) is 11.3 Å². The summed E-state index contributed by atoms with van der Waals surface area (Å²) in [7, 11) is 0.0945. The van der Waals surface area contributed by atoms with E-state index in [4.69, 9.17) is 18.3 Å². The normalized spacial score (nSPS) is 14.1. The molecule has 16 nitrogen and oxygen atoms in total. The zero-order valence-corrected chi connectivity index (χ0v) is 51.2. The summed E-state index contributed by atoms with van der Waals surface area (Å²) in [5.41, 5.74) is 5.43. The lowest BCUT2D eigenvalue weighted by atomic mass is 9.98. The number of alkyl carbamates (subject to hydrolysis) is 1. The van der Waals surface area contributed by atoms with Crippen LogP contribution in [0.4, 0.5) is 4.79 Å². The van der Waals surface area contributed by atoms with Crippen LogP contribution in [0, 0.1) is 0 Å². The zero-order chi connectivity index (χ0) is 59.4. The molecule has 18 heteroatoms. The van der Waals surface area contributed by atoms with Crippen LogP contribution in [0.15, 0.2) is 133 Å². The van der Waals surface area contributed by atoms with Gasteiger partial charge < -0.3 is 43.7 Å². The molecule has 5 aromatic rings. The number of esters is 1. The fourth-order valence-corrected chi connectivity index (χ4v) is 11.3. The number of hydrogen-bond donors (Lipinski definition) is 2. The number of nitrogens with zero attached hydrogens (tertiary/aromatic N) is 3. The molecule has 2 N–H and O–H groups in total. The lowest BCUT2D eigenvalue weighted by Gasteiger charge is -2.38. The fourth-order valence-electron chi connectivity index (χ4n) is 9.68. The molecule has 5 atom stereocenters. The summed E-state index contributed by atoms with van der Waals surface area (Å²) < 4.78 is 23.5. The first kappa shape index (κ1) is 62.6. The van der Waals surface area contributed by atoms with Crippen molar-refractivity contribution in [3.8, 4) is 16.9 Å². The van der Waals surface area contributed by atoms with Gasteiger partial charge in [-0.2, -0.15) is 0 Å². The van der Waals surface area contributed by atoms with Crippen LogP contribution in [-0.2, 0) is 61.9 Å². The quantitative estimate of drug-likeness (QED) is 0.0442. The molecule has 0 unspecified atom stereocenters. The number of benzene rings is 5. The van der Waals surface area contributed by atoms with Gasteiger partial charge in [0.25, 0.3) is 0 Å². The SMILES string of the molecule is C[C@@H](C(=O)N[C@@H](Cc1ccc(O[Si](C)(C)C)cc1)C(=O)O[Si](C)(C)C)N(C)C(=O)[C@H](Cc1ccccc1)N(C)C(=O)[C@H](Cc1ccccc1)N(C)C(=O)[C@H](CCC(=O)OC(C)(C)C)NC(=O)OCC1c2ccccc2-c2ccccc21. The highest BCUT2D eigenvalue weighted by Gasteiger charge is 2.41. The fraction of sp³-hybridized carbons (Fsp3) is 0.413. The summed E-state index contributed by atoms with van der Waals surface area (Å²) in [6.07, 6.45) is -1.21. The number of carbonyl (C=O) groups excluding carboxylic acids is 7. The second-order valence-corrected chi connectivity index (χ2v) is 32.6. The Morgan fingerprint density at radius 1 is 0.556 bits per heavy atom. The van der Waals surface area contributed by atoms with Crippen molar-refractivity contribution in [2.24, 2.45) is 0 Å². The Bertz CT molecular complexity index is 2950. The van der Waals surface area contributed by atoms with Gasteiger partial charge in [0.1, 0.15) is 48.2 Å². The summed E-state index contributed by atoms with van der Waals surface area (Å²) >= 11 is 0. The average Bonchev–Trinajstić information content (AvgIpc) is 3.79. The van der Waals surface area contributed by atoms with Crippen molar-refractivity contribution >= 4 is 58.3 Å². The van der Waals surface area contributed by atoms with Crippen molar-refractivity contribution in [1.29, 1.82) is 0 Å². The highest BCUT2D eigenvalue weighted by molar-refractivity contribution is 6.71. The number of nitrogens with one attached hydrogen (secondary N) is 2. The minimum atomic E-state index is -2.42. The third-order valence-corrected chi connectivity index (χ3v) is 15.5. The van der Waals surface area contributed by atoms with Crippen molar-refractivity contribution in [3.63, 3.8) is 0 Å². The van der Waals surface area contributed by atoms with Crippen molar-refractivity contribution < 1.29 is 51.9 Å². The summed E-state index contributed by atoms with van der Waals surface area (Å²) in [6.45, 7) is 18.6. The highest BCUT2D eigenvalue weighted by Crippen LogP contribution is 2.44. The number of fused-ring (bicyclic) bond motifs is 3. The molecule has 0 spiro atoms. The van der Waals surface area contributed by atoms with Crippen LogP contribution >= 0.6 is 0 Å². The Morgan fingerprint density at radius 3 is 1.52 bits per heavy atom. The maximum Gasteiger partial charge on any atom is 0.407 e. The van der Waals surface area contributed by atoms with Crippen molar-refractivity contribution in [1.82, 2.24) is 25.3 Å². The molecule has 0 bridgehead atoms. The average molecular weight is 1140 g/mol. The second-order valence-electron chi connectivity index (χ2n) is 23.7. The molecule has 1 aliphatic rings. The minimum absolute atomic E-state index is 0.000140. The van der Waals surface area contributed by atoms with E-state index in [1.165, 1.54) is 35.8 Å². The van der Waals surface area contributed by atoms with Gasteiger partial charge in [0, 0.05) is 52.7 Å². The van der Waals surface area contributed by atoms with Gasteiger partial charge in [-0.15, -0.1) is 0 Å². The largest absolute Gasteiger partial charge is 0.544 e. The molecule has 0 aromatic heterocycles. The second kappa shape index (κ2) is 27.3. The summed E-state index contributed by atoms with van der Waals surface area (Å²) in [5.74, 6) is -3.27. The summed E-state index contributed by atoms with van der Waals surface area (Å²) in [6, 6.07) is 35.3. The Morgan fingerprint density at radius 2 is 1.02 bits per heavy atom. The maximum atomic E-state index is 15.4. The van der Waals surface area contributed by atoms with Gasteiger partial charge >= 0.3 is 18.0 Å². The number of likely N-dealkylation sites (N-methyl/N-ethyl adjacent to an activating group) is 3. The number of amides is 5. The molecule has 5 aromatic carbocycles. The van der Waals surface area contributed by atoms with Crippen molar-refractivity contribution in [3.05, 3.63) is 161 Å². The molecule has 432 valence electrons. The van der Waals surface area contributed by atoms with Crippen LogP contribution in [-0.4, -0.2) is 137 Å². The number of rotatable bonds is 24. The van der Waals surface area contributed by atoms with Crippen LogP contribution in [0.1, 0.15) is 74.3 Å². The van der Waals surface area contributed by atoms with E-state index in [1.54, 1.807) is 27.7 Å². The molecule has 0 radical (unpaired) electrons. The maximum absolute atomic E-state index is 15.4. The molecular formula is C63H81N5O11Si2. The summed E-state index contributed by atoms with van der Waals surface area (Å²) in [4.78, 5) is 105. The van der Waals surface area contributed by atoms with E-state index in [0.717, 1.165) is 33.4 Å². The van der Waals surface area contributed by atoms with Gasteiger partial charge in [0.05, 0.1) is 0 Å². The van der Waals surface area contributed by atoms with Crippen LogP contribution in [0.3, 0.4) is 0 Å². The highest BCUT2D eigenvalue weighted by atomic mass is 28.4. The predicted molar refractivity (Wildman–Crippen MR) is 318 cm³/mol. The number of ether oxygens (including phenoxy) is 2. The molecule has 0 fully saturated rings. The first-order chi connectivity index (χ1) is 38.1. The van der Waals surface area contributed by atoms with Crippen LogP contribution in [0.5, 0.6) is 5.75 Å². The van der Waals surface area contributed by atoms with E-state index in [-0.39, 0.29) is 44.6 Å². The first-order valence-corrected chi connectivity index (χ1v) is 34.4. The molecule has 1 aliphatic carbocycles. The van der Waals surface area contributed by atoms with E-state index in [1.807, 2.05) is 153 Å². The van der Waals surface area contributed by atoms with E-state index in [2.05, 4.69) is 30.3 Å². The number of carbonyl (C=O) groups is 7. The number of hydrogen-bond acceptors (Lipinski definition) is 11. The molecule has 0 aliphatic heterocycles. The van der Waals surface area contributed by atoms with E-state index in [9.17, 15) is 19.2 Å². The van der Waals surface area contributed by atoms with Crippen LogP contribution in [0.2, 0.25) is 39.3 Å². The smallest absolute Gasteiger partial charge is 0.407 e. The molecule has 0 saturated carbocycles. The van der Waals surface area contributed by atoms with Gasteiger partial charge in [-0.3, -0.25) is 28.8 Å².